The van der Waals surface area contributed by atoms with E-state index in [-0.39, 0.29) is 11.4 Å². The van der Waals surface area contributed by atoms with Crippen molar-refractivity contribution in [2.24, 2.45) is 0 Å². The van der Waals surface area contributed by atoms with E-state index in [0.29, 0.717) is 10.6 Å². The van der Waals surface area contributed by atoms with E-state index >= 15 is 0 Å². The normalized spacial score (nSPS) is 11.9. The fourth-order valence-corrected chi connectivity index (χ4v) is 1.69. The average Bonchev–Trinajstić information content (AvgIpc) is 2.28. The molecule has 6 heteroatoms. The highest BCUT2D eigenvalue weighted by molar-refractivity contribution is 6.42. The number of halogens is 2. The van der Waals surface area contributed by atoms with Gasteiger partial charge in [-0.3, -0.25) is 9.59 Å². The molecule has 92 valence electrons. The summed E-state index contributed by atoms with van der Waals surface area (Å²) in [6.07, 6.45) is -0.357. The minimum Gasteiger partial charge on any atom is -0.481 e. The predicted octanol–water partition coefficient (Wildman–Crippen LogP) is 2.72. The fraction of sp³-hybridized carbons (Fsp3) is 0.273. The highest BCUT2D eigenvalue weighted by atomic mass is 35.5. The van der Waals surface area contributed by atoms with Gasteiger partial charge in [-0.15, -0.1) is 0 Å². The molecule has 0 saturated carbocycles. The van der Waals surface area contributed by atoms with E-state index in [1.54, 1.807) is 6.07 Å². The Kier molecular flexibility index (Phi) is 4.78. The van der Waals surface area contributed by atoms with Crippen LogP contribution in [0.3, 0.4) is 0 Å². The largest absolute Gasteiger partial charge is 0.481 e. The standard InChI is InChI=1S/C11H10Cl2O4/c1-17-11(16)7(5-10(14)15)6-2-3-8(12)9(13)4-6/h2-4,7H,5H2,1H3,(H,14,15)/t7-/m0/s1. The van der Waals surface area contributed by atoms with Crippen LogP contribution in [0.25, 0.3) is 0 Å². The van der Waals surface area contributed by atoms with Gasteiger partial charge in [0.2, 0.25) is 0 Å². The molecule has 0 saturated heterocycles. The number of carbonyl (C=O) groups is 2. The van der Waals surface area contributed by atoms with Crippen molar-refractivity contribution in [2.75, 3.05) is 7.11 Å². The van der Waals surface area contributed by atoms with Crippen LogP contribution in [0.5, 0.6) is 0 Å². The van der Waals surface area contributed by atoms with Gasteiger partial charge in [-0.05, 0) is 17.7 Å². The van der Waals surface area contributed by atoms with Crippen LogP contribution in [0.15, 0.2) is 18.2 Å². The minimum atomic E-state index is -1.09. The summed E-state index contributed by atoms with van der Waals surface area (Å²) in [5, 5.41) is 9.36. The van der Waals surface area contributed by atoms with Crippen LogP contribution in [-0.4, -0.2) is 24.2 Å². The molecule has 4 nitrogen and oxygen atoms in total. The molecule has 17 heavy (non-hydrogen) atoms. The van der Waals surface area contributed by atoms with Crippen LogP contribution in [0.1, 0.15) is 17.9 Å². The summed E-state index contributed by atoms with van der Waals surface area (Å²) in [5.74, 6) is -2.59. The molecular formula is C11H10Cl2O4. The van der Waals surface area contributed by atoms with Crippen LogP contribution in [0, 0.1) is 0 Å². The second-order valence-electron chi connectivity index (χ2n) is 3.35. The number of aliphatic carboxylic acids is 1. The first kappa shape index (κ1) is 13.8. The van der Waals surface area contributed by atoms with E-state index in [9.17, 15) is 9.59 Å². The Bertz CT molecular complexity index is 445. The lowest BCUT2D eigenvalue weighted by Gasteiger charge is -2.13. The van der Waals surface area contributed by atoms with Crippen LogP contribution in [0.4, 0.5) is 0 Å². The smallest absolute Gasteiger partial charge is 0.313 e. The first-order valence-electron chi connectivity index (χ1n) is 4.70. The molecule has 1 rings (SSSR count). The maximum Gasteiger partial charge on any atom is 0.313 e. The summed E-state index contributed by atoms with van der Waals surface area (Å²) < 4.78 is 4.56. The fourth-order valence-electron chi connectivity index (χ4n) is 1.38. The van der Waals surface area contributed by atoms with Crippen LogP contribution in [0.2, 0.25) is 10.0 Å². The summed E-state index contributed by atoms with van der Waals surface area (Å²) in [6.45, 7) is 0. The number of esters is 1. The van der Waals surface area contributed by atoms with Gasteiger partial charge >= 0.3 is 11.9 Å². The Morgan fingerprint density at radius 2 is 2.00 bits per heavy atom. The Balaban J connectivity index is 3.07. The van der Waals surface area contributed by atoms with E-state index in [0.717, 1.165) is 0 Å². The number of carbonyl (C=O) groups excluding carboxylic acids is 1. The molecule has 0 aliphatic carbocycles. The molecule has 0 fully saturated rings. The molecule has 1 aromatic carbocycles. The predicted molar refractivity (Wildman–Crippen MR) is 63.5 cm³/mol. The average molecular weight is 277 g/mol. The van der Waals surface area contributed by atoms with Gasteiger partial charge in [0.05, 0.1) is 29.5 Å². The number of ether oxygens (including phenoxy) is 1. The molecule has 0 aliphatic rings. The summed E-state index contributed by atoms with van der Waals surface area (Å²) >= 11 is 11.6. The maximum absolute atomic E-state index is 11.5. The van der Waals surface area contributed by atoms with Crippen LogP contribution < -0.4 is 0 Å². The van der Waals surface area contributed by atoms with E-state index < -0.39 is 17.9 Å². The van der Waals surface area contributed by atoms with Crippen molar-refractivity contribution < 1.29 is 19.4 Å². The van der Waals surface area contributed by atoms with Crippen molar-refractivity contribution in [1.29, 1.82) is 0 Å². The second kappa shape index (κ2) is 5.89. The number of rotatable bonds is 4. The molecule has 1 aromatic rings. The van der Waals surface area contributed by atoms with Gasteiger partial charge in [-0.1, -0.05) is 29.3 Å². The summed E-state index contributed by atoms with van der Waals surface area (Å²) in [6, 6.07) is 4.53. The molecule has 0 unspecified atom stereocenters. The summed E-state index contributed by atoms with van der Waals surface area (Å²) in [4.78, 5) is 22.2. The molecule has 0 radical (unpaired) electrons. The number of methoxy groups -OCH3 is 1. The number of carboxylic acid groups (broad SMARTS) is 1. The van der Waals surface area contributed by atoms with Gasteiger partial charge < -0.3 is 9.84 Å². The van der Waals surface area contributed by atoms with Gasteiger partial charge in [0.25, 0.3) is 0 Å². The monoisotopic (exact) mass is 276 g/mol. The number of hydrogen-bond donors (Lipinski definition) is 1. The molecule has 0 aliphatic heterocycles. The second-order valence-corrected chi connectivity index (χ2v) is 4.16. The molecule has 1 N–H and O–H groups in total. The molecular weight excluding hydrogens is 267 g/mol. The Morgan fingerprint density at radius 3 is 2.47 bits per heavy atom. The van der Waals surface area contributed by atoms with Crippen molar-refractivity contribution in [2.45, 2.75) is 12.3 Å². The summed E-state index contributed by atoms with van der Waals surface area (Å²) in [5.41, 5.74) is 0.466. The van der Waals surface area contributed by atoms with Crippen LogP contribution in [-0.2, 0) is 14.3 Å². The van der Waals surface area contributed by atoms with Gasteiger partial charge in [-0.2, -0.15) is 0 Å². The molecule has 1 atom stereocenters. The third kappa shape index (κ3) is 3.61. The Hall–Kier alpha value is -1.26. The number of hydrogen-bond acceptors (Lipinski definition) is 3. The quantitative estimate of drug-likeness (QED) is 0.859. The lowest BCUT2D eigenvalue weighted by molar-refractivity contribution is -0.147. The number of carboxylic acids is 1. The highest BCUT2D eigenvalue weighted by Crippen LogP contribution is 2.28. The maximum atomic E-state index is 11.5. The van der Waals surface area contributed by atoms with Gasteiger partial charge in [0.1, 0.15) is 0 Å². The third-order valence-electron chi connectivity index (χ3n) is 2.21. The molecule has 0 amide bonds. The van der Waals surface area contributed by atoms with Crippen LogP contribution >= 0.6 is 23.2 Å². The van der Waals surface area contributed by atoms with Gasteiger partial charge in [0, 0.05) is 0 Å². The van der Waals surface area contributed by atoms with E-state index in [2.05, 4.69) is 4.74 Å². The highest BCUT2D eigenvalue weighted by Gasteiger charge is 2.24. The molecule has 0 bridgehead atoms. The van der Waals surface area contributed by atoms with E-state index in [1.165, 1.54) is 19.2 Å². The minimum absolute atomic E-state index is 0.267. The molecule has 0 spiro atoms. The molecule has 0 heterocycles. The van der Waals surface area contributed by atoms with E-state index in [4.69, 9.17) is 28.3 Å². The Labute approximate surface area is 108 Å². The zero-order chi connectivity index (χ0) is 13.0. The first-order chi connectivity index (χ1) is 7.95. The third-order valence-corrected chi connectivity index (χ3v) is 2.95. The zero-order valence-corrected chi connectivity index (χ0v) is 10.5. The lowest BCUT2D eigenvalue weighted by atomic mass is 9.96. The lowest BCUT2D eigenvalue weighted by Crippen LogP contribution is -2.17. The van der Waals surface area contributed by atoms with Gasteiger partial charge in [0.15, 0.2) is 0 Å². The van der Waals surface area contributed by atoms with Crippen molar-refractivity contribution in [3.05, 3.63) is 33.8 Å². The van der Waals surface area contributed by atoms with Crippen molar-refractivity contribution in [3.63, 3.8) is 0 Å². The van der Waals surface area contributed by atoms with Crippen molar-refractivity contribution >= 4 is 35.1 Å². The van der Waals surface area contributed by atoms with Crippen molar-refractivity contribution in [3.8, 4) is 0 Å². The van der Waals surface area contributed by atoms with Crippen molar-refractivity contribution in [1.82, 2.24) is 0 Å². The number of benzene rings is 1. The topological polar surface area (TPSA) is 63.6 Å². The van der Waals surface area contributed by atoms with Gasteiger partial charge in [-0.25, -0.2) is 0 Å². The molecule has 0 aromatic heterocycles. The Morgan fingerprint density at radius 1 is 1.35 bits per heavy atom. The summed E-state index contributed by atoms with van der Waals surface area (Å²) in [7, 11) is 1.20. The zero-order valence-electron chi connectivity index (χ0n) is 8.94. The SMILES string of the molecule is COC(=O)[C@@H](CC(=O)O)c1ccc(Cl)c(Cl)c1. The van der Waals surface area contributed by atoms with E-state index in [1.807, 2.05) is 0 Å². The first-order valence-corrected chi connectivity index (χ1v) is 5.46.